The van der Waals surface area contributed by atoms with Gasteiger partial charge in [-0.3, -0.25) is 0 Å². The van der Waals surface area contributed by atoms with Gasteiger partial charge < -0.3 is 10.2 Å². The molecule has 0 aromatic carbocycles. The highest BCUT2D eigenvalue weighted by Crippen LogP contribution is 2.34. The number of likely N-dealkylation sites (tertiary alicyclic amines) is 1. The highest BCUT2D eigenvalue weighted by Gasteiger charge is 2.30. The Morgan fingerprint density at radius 1 is 0.778 bits per heavy atom. The number of piperidine rings is 2. The molecule has 2 aliphatic heterocycles. The third-order valence-electron chi connectivity index (χ3n) is 4.90. The zero-order valence-corrected chi connectivity index (χ0v) is 12.9. The van der Waals surface area contributed by atoms with Crippen LogP contribution in [0.4, 0.5) is 0 Å². The molecule has 3 rings (SSSR count). The van der Waals surface area contributed by atoms with Crippen molar-refractivity contribution in [2.45, 2.75) is 38.5 Å². The van der Waals surface area contributed by atoms with Crippen LogP contribution in [-0.4, -0.2) is 37.6 Å². The molecule has 4 heteroatoms. The molecule has 108 valence electrons. The fraction of sp³-hybridized carbons (Fsp3) is 1.00. The first-order valence-corrected chi connectivity index (χ1v) is 7.35. The third kappa shape index (κ3) is 4.56. The molecule has 0 bridgehead atoms. The van der Waals surface area contributed by atoms with Crippen LogP contribution >= 0.6 is 24.8 Å². The molecule has 0 aromatic rings. The van der Waals surface area contributed by atoms with Crippen molar-refractivity contribution in [3.8, 4) is 0 Å². The number of hydrogen-bond donors (Lipinski definition) is 1. The van der Waals surface area contributed by atoms with Crippen LogP contribution in [0.5, 0.6) is 0 Å². The molecule has 1 aliphatic carbocycles. The average Bonchev–Trinajstić information content (AvgIpc) is 3.15. The van der Waals surface area contributed by atoms with Crippen LogP contribution in [0, 0.1) is 17.8 Å². The Morgan fingerprint density at radius 2 is 1.33 bits per heavy atom. The molecule has 3 fully saturated rings. The number of hydrogen-bond acceptors (Lipinski definition) is 2. The minimum absolute atomic E-state index is 0. The fourth-order valence-electron chi connectivity index (χ4n) is 3.59. The minimum Gasteiger partial charge on any atom is -0.317 e. The van der Waals surface area contributed by atoms with Crippen LogP contribution in [0.1, 0.15) is 38.5 Å². The first kappa shape index (κ1) is 16.6. The monoisotopic (exact) mass is 294 g/mol. The number of nitrogens with zero attached hydrogens (tertiary/aromatic N) is 1. The van der Waals surface area contributed by atoms with E-state index in [1.165, 1.54) is 71.2 Å². The lowest BCUT2D eigenvalue weighted by atomic mass is 9.79. The van der Waals surface area contributed by atoms with Gasteiger partial charge >= 0.3 is 0 Å². The van der Waals surface area contributed by atoms with E-state index in [1.807, 2.05) is 0 Å². The van der Waals surface area contributed by atoms with Crippen molar-refractivity contribution < 1.29 is 0 Å². The maximum absolute atomic E-state index is 3.49. The predicted octanol–water partition coefficient (Wildman–Crippen LogP) is 2.95. The molecular formula is C14H28Cl2N2. The molecule has 2 saturated heterocycles. The van der Waals surface area contributed by atoms with Crippen molar-refractivity contribution in [3.63, 3.8) is 0 Å². The maximum Gasteiger partial charge on any atom is 0.000966 e. The first-order chi connectivity index (χ1) is 7.92. The van der Waals surface area contributed by atoms with Gasteiger partial charge in [-0.15, -0.1) is 24.8 Å². The van der Waals surface area contributed by atoms with Gasteiger partial charge in [-0.25, -0.2) is 0 Å². The second-order valence-corrected chi connectivity index (χ2v) is 6.17. The lowest BCUT2D eigenvalue weighted by Crippen LogP contribution is -2.40. The van der Waals surface area contributed by atoms with Gasteiger partial charge in [-0.05, 0) is 82.5 Å². The van der Waals surface area contributed by atoms with E-state index < -0.39 is 0 Å². The smallest absolute Gasteiger partial charge is 0.000966 e. The molecule has 0 radical (unpaired) electrons. The van der Waals surface area contributed by atoms with Crippen LogP contribution in [0.3, 0.4) is 0 Å². The quantitative estimate of drug-likeness (QED) is 0.861. The summed E-state index contributed by atoms with van der Waals surface area (Å²) in [5, 5.41) is 3.49. The van der Waals surface area contributed by atoms with Crippen LogP contribution in [0.2, 0.25) is 0 Å². The number of halogens is 2. The van der Waals surface area contributed by atoms with Crippen LogP contribution in [-0.2, 0) is 0 Å². The summed E-state index contributed by atoms with van der Waals surface area (Å²) < 4.78 is 0. The van der Waals surface area contributed by atoms with Crippen molar-refractivity contribution in [3.05, 3.63) is 0 Å². The van der Waals surface area contributed by atoms with E-state index in [-0.39, 0.29) is 24.8 Å². The zero-order chi connectivity index (χ0) is 10.8. The average molecular weight is 295 g/mol. The lowest BCUT2D eigenvalue weighted by Gasteiger charge is -2.37. The highest BCUT2D eigenvalue weighted by atomic mass is 35.5. The predicted molar refractivity (Wildman–Crippen MR) is 82.0 cm³/mol. The molecule has 0 atom stereocenters. The largest absolute Gasteiger partial charge is 0.317 e. The normalized spacial score (nSPS) is 27.3. The standard InChI is InChI=1S/C14H26N2.2ClH/c1-2-12(1)11-16-9-5-14(6-10-16)13-3-7-15-8-4-13;;/h12-15H,1-11H2;2*1H. The SMILES string of the molecule is C1CC(C2CCN(CC3CC3)CC2)CCN1.Cl.Cl. The third-order valence-corrected chi connectivity index (χ3v) is 4.90. The fourth-order valence-corrected chi connectivity index (χ4v) is 3.59. The second-order valence-electron chi connectivity index (χ2n) is 6.17. The topological polar surface area (TPSA) is 15.3 Å². The van der Waals surface area contributed by atoms with E-state index in [0.717, 1.165) is 17.8 Å². The van der Waals surface area contributed by atoms with E-state index in [2.05, 4.69) is 10.2 Å². The molecule has 0 amide bonds. The Labute approximate surface area is 124 Å². The summed E-state index contributed by atoms with van der Waals surface area (Å²) in [5.41, 5.74) is 0. The van der Waals surface area contributed by atoms with Crippen LogP contribution < -0.4 is 5.32 Å². The van der Waals surface area contributed by atoms with Gasteiger partial charge in [0.2, 0.25) is 0 Å². The molecule has 3 aliphatic rings. The summed E-state index contributed by atoms with van der Waals surface area (Å²) in [4.78, 5) is 2.73. The first-order valence-electron chi connectivity index (χ1n) is 7.35. The Morgan fingerprint density at radius 3 is 1.89 bits per heavy atom. The second kappa shape index (κ2) is 7.94. The minimum atomic E-state index is 0. The molecule has 1 saturated carbocycles. The van der Waals surface area contributed by atoms with Gasteiger partial charge in [0, 0.05) is 6.54 Å². The Kier molecular flexibility index (Phi) is 7.30. The van der Waals surface area contributed by atoms with Crippen LogP contribution in [0.25, 0.3) is 0 Å². The van der Waals surface area contributed by atoms with Gasteiger partial charge in [0.15, 0.2) is 0 Å². The van der Waals surface area contributed by atoms with Crippen molar-refractivity contribution in [1.82, 2.24) is 10.2 Å². The number of nitrogens with one attached hydrogen (secondary N) is 1. The summed E-state index contributed by atoms with van der Waals surface area (Å²) in [6, 6.07) is 0. The van der Waals surface area contributed by atoms with Crippen molar-refractivity contribution in [2.75, 3.05) is 32.7 Å². The molecule has 0 unspecified atom stereocenters. The lowest BCUT2D eigenvalue weighted by molar-refractivity contribution is 0.127. The molecule has 0 aromatic heterocycles. The highest BCUT2D eigenvalue weighted by molar-refractivity contribution is 5.85. The van der Waals surface area contributed by atoms with Gasteiger partial charge in [-0.2, -0.15) is 0 Å². The molecular weight excluding hydrogens is 267 g/mol. The van der Waals surface area contributed by atoms with E-state index in [4.69, 9.17) is 0 Å². The van der Waals surface area contributed by atoms with E-state index in [9.17, 15) is 0 Å². The van der Waals surface area contributed by atoms with Crippen molar-refractivity contribution in [2.24, 2.45) is 17.8 Å². The molecule has 1 N–H and O–H groups in total. The van der Waals surface area contributed by atoms with Crippen molar-refractivity contribution in [1.29, 1.82) is 0 Å². The van der Waals surface area contributed by atoms with Crippen molar-refractivity contribution >= 4 is 24.8 Å². The zero-order valence-electron chi connectivity index (χ0n) is 11.3. The van der Waals surface area contributed by atoms with Gasteiger partial charge in [0.1, 0.15) is 0 Å². The summed E-state index contributed by atoms with van der Waals surface area (Å²) in [7, 11) is 0. The summed E-state index contributed by atoms with van der Waals surface area (Å²) >= 11 is 0. The van der Waals surface area contributed by atoms with Gasteiger partial charge in [0.05, 0.1) is 0 Å². The van der Waals surface area contributed by atoms with E-state index in [0.29, 0.717) is 0 Å². The van der Waals surface area contributed by atoms with E-state index >= 15 is 0 Å². The van der Waals surface area contributed by atoms with E-state index in [1.54, 1.807) is 0 Å². The van der Waals surface area contributed by atoms with Gasteiger partial charge in [-0.1, -0.05) is 0 Å². The maximum atomic E-state index is 3.49. The summed E-state index contributed by atoms with van der Waals surface area (Å²) in [5.74, 6) is 3.18. The molecule has 0 spiro atoms. The summed E-state index contributed by atoms with van der Waals surface area (Å²) in [6.07, 6.45) is 8.86. The molecule has 2 nitrogen and oxygen atoms in total. The Hall–Kier alpha value is 0.500. The van der Waals surface area contributed by atoms with Crippen LogP contribution in [0.15, 0.2) is 0 Å². The molecule has 18 heavy (non-hydrogen) atoms. The Balaban J connectivity index is 0.000000810. The number of rotatable bonds is 3. The Bertz CT molecular complexity index is 220. The molecule has 2 heterocycles. The van der Waals surface area contributed by atoms with Gasteiger partial charge in [0.25, 0.3) is 0 Å². The summed E-state index contributed by atoms with van der Waals surface area (Å²) in [6.45, 7) is 6.75.